The number of carbonyl (C=O) groups is 1. The fourth-order valence-corrected chi connectivity index (χ4v) is 3.23. The molecule has 0 aliphatic carbocycles. The van der Waals surface area contributed by atoms with E-state index in [9.17, 15) is 26.4 Å². The molecule has 24 heavy (non-hydrogen) atoms. The average Bonchev–Trinajstić information content (AvgIpc) is 3.11. The molecule has 0 bridgehead atoms. The van der Waals surface area contributed by atoms with Crippen LogP contribution in [0.2, 0.25) is 0 Å². The highest BCUT2D eigenvalue weighted by Crippen LogP contribution is 2.33. The van der Waals surface area contributed by atoms with E-state index in [2.05, 4.69) is 9.97 Å². The molecule has 3 rings (SSSR count). The zero-order chi connectivity index (χ0) is 17.7. The summed E-state index contributed by atoms with van der Waals surface area (Å²) in [6.07, 6.45) is -1.60. The molecule has 1 aliphatic rings. The van der Waals surface area contributed by atoms with Crippen LogP contribution in [-0.2, 0) is 22.7 Å². The van der Waals surface area contributed by atoms with Crippen molar-refractivity contribution in [3.63, 3.8) is 0 Å². The van der Waals surface area contributed by atoms with Crippen LogP contribution in [0, 0.1) is 0 Å². The number of hydrogen-bond acceptors (Lipinski definition) is 5. The molecule has 2 aromatic heterocycles. The molecule has 1 aliphatic heterocycles. The molecular formula is C13H11F3N4O3S. The lowest BCUT2D eigenvalue weighted by Crippen LogP contribution is -2.29. The fraction of sp³-hybridized carbons (Fsp3) is 0.308. The largest absolute Gasteiger partial charge is 0.417 e. The van der Waals surface area contributed by atoms with Crippen molar-refractivity contribution >= 4 is 21.9 Å². The van der Waals surface area contributed by atoms with E-state index in [1.54, 1.807) is 0 Å². The van der Waals surface area contributed by atoms with Gasteiger partial charge >= 0.3 is 6.18 Å². The molecule has 2 aromatic rings. The van der Waals surface area contributed by atoms with E-state index >= 15 is 0 Å². The maximum Gasteiger partial charge on any atom is 0.417 e. The van der Waals surface area contributed by atoms with E-state index in [-0.39, 0.29) is 29.5 Å². The second-order valence-corrected chi connectivity index (χ2v) is 7.17. The van der Waals surface area contributed by atoms with Gasteiger partial charge in [-0.2, -0.15) is 13.2 Å². The van der Waals surface area contributed by atoms with Crippen molar-refractivity contribution < 1.29 is 26.4 Å². The van der Waals surface area contributed by atoms with Crippen molar-refractivity contribution in [3.05, 3.63) is 41.5 Å². The van der Waals surface area contributed by atoms with E-state index < -0.39 is 27.7 Å². The van der Waals surface area contributed by atoms with Crippen LogP contribution in [0.3, 0.4) is 0 Å². The first-order valence-electron chi connectivity index (χ1n) is 6.79. The number of hydrogen-bond donors (Lipinski definition) is 0. The predicted octanol–water partition coefficient (Wildman–Crippen LogP) is 1.66. The standard InChI is InChI=1S/C13H11F3N4O3S/c1-2-24(22,23)20-4-3-17-12(20)19-7-10-9(11(19)21)5-8(6-18-10)13(14,15)16/h3-6H,2,7H2,1H3. The molecule has 0 fully saturated rings. The number of anilines is 1. The molecule has 7 nitrogen and oxygen atoms in total. The SMILES string of the molecule is CCS(=O)(=O)n1ccnc1N1Cc2ncc(C(F)(F)F)cc2C1=O. The van der Waals surface area contributed by atoms with Gasteiger partial charge in [-0.3, -0.25) is 14.7 Å². The van der Waals surface area contributed by atoms with Crippen LogP contribution in [0.15, 0.2) is 24.7 Å². The Balaban J connectivity index is 2.03. The third-order valence-corrected chi connectivity index (χ3v) is 5.19. The van der Waals surface area contributed by atoms with E-state index in [0.717, 1.165) is 8.87 Å². The van der Waals surface area contributed by atoms with Crippen LogP contribution in [0.25, 0.3) is 0 Å². The molecule has 0 unspecified atom stereocenters. The molecule has 0 N–H and O–H groups in total. The highest BCUT2D eigenvalue weighted by Gasteiger charge is 2.38. The zero-order valence-corrected chi connectivity index (χ0v) is 13.1. The Hall–Kier alpha value is -2.43. The molecule has 0 saturated carbocycles. The number of alkyl halides is 3. The number of nitrogens with zero attached hydrogens (tertiary/aromatic N) is 4. The Morgan fingerprint density at radius 2 is 2.00 bits per heavy atom. The van der Waals surface area contributed by atoms with Gasteiger partial charge in [0.15, 0.2) is 0 Å². The molecule has 0 spiro atoms. The summed E-state index contributed by atoms with van der Waals surface area (Å²) in [7, 11) is -3.71. The smallest absolute Gasteiger partial charge is 0.271 e. The van der Waals surface area contributed by atoms with Crippen LogP contribution >= 0.6 is 0 Å². The average molecular weight is 360 g/mol. The van der Waals surface area contributed by atoms with Gasteiger partial charge < -0.3 is 0 Å². The molecule has 0 saturated heterocycles. The third kappa shape index (κ3) is 2.54. The molecule has 11 heteroatoms. The maximum atomic E-state index is 12.8. The van der Waals surface area contributed by atoms with Gasteiger partial charge in [0.2, 0.25) is 16.0 Å². The maximum absolute atomic E-state index is 12.8. The first kappa shape index (κ1) is 16.4. The first-order valence-corrected chi connectivity index (χ1v) is 8.40. The summed E-state index contributed by atoms with van der Waals surface area (Å²) in [5.74, 6) is -1.17. The second kappa shape index (κ2) is 5.30. The number of rotatable bonds is 3. The third-order valence-electron chi connectivity index (χ3n) is 3.58. The Kier molecular flexibility index (Phi) is 3.62. The Bertz CT molecular complexity index is 921. The summed E-state index contributed by atoms with van der Waals surface area (Å²) in [5.41, 5.74) is -1.12. The lowest BCUT2D eigenvalue weighted by molar-refractivity contribution is -0.137. The number of amides is 1. The van der Waals surface area contributed by atoms with Crippen LogP contribution in [-0.4, -0.2) is 34.0 Å². The van der Waals surface area contributed by atoms with Crippen molar-refractivity contribution in [2.24, 2.45) is 0 Å². The van der Waals surface area contributed by atoms with Gasteiger partial charge in [-0.1, -0.05) is 0 Å². The predicted molar refractivity (Wildman–Crippen MR) is 76.8 cm³/mol. The number of halogens is 3. The highest BCUT2D eigenvalue weighted by atomic mass is 32.2. The lowest BCUT2D eigenvalue weighted by atomic mass is 10.1. The molecule has 0 radical (unpaired) electrons. The molecular weight excluding hydrogens is 349 g/mol. The summed E-state index contributed by atoms with van der Waals surface area (Å²) in [6, 6.07) is 0.715. The van der Waals surface area contributed by atoms with Crippen molar-refractivity contribution in [3.8, 4) is 0 Å². The summed E-state index contributed by atoms with van der Waals surface area (Å²) >= 11 is 0. The number of pyridine rings is 1. The minimum atomic E-state index is -4.63. The topological polar surface area (TPSA) is 85.2 Å². The van der Waals surface area contributed by atoms with Crippen LogP contribution in [0.5, 0.6) is 0 Å². The van der Waals surface area contributed by atoms with Crippen molar-refractivity contribution in [2.45, 2.75) is 19.6 Å². The second-order valence-electron chi connectivity index (χ2n) is 5.03. The molecule has 0 atom stereocenters. The molecule has 128 valence electrons. The van der Waals surface area contributed by atoms with Gasteiger partial charge in [-0.05, 0) is 13.0 Å². The van der Waals surface area contributed by atoms with Crippen molar-refractivity contribution in [1.29, 1.82) is 0 Å². The van der Waals surface area contributed by atoms with E-state index in [1.807, 2.05) is 0 Å². The molecule has 0 aromatic carbocycles. The van der Waals surface area contributed by atoms with E-state index in [4.69, 9.17) is 0 Å². The normalized spacial score (nSPS) is 15.0. The Morgan fingerprint density at radius 3 is 2.62 bits per heavy atom. The molecule has 3 heterocycles. The van der Waals surface area contributed by atoms with Crippen LogP contribution in [0.4, 0.5) is 19.1 Å². The van der Waals surface area contributed by atoms with Gasteiger partial charge in [0.05, 0.1) is 29.1 Å². The van der Waals surface area contributed by atoms with E-state index in [1.165, 1.54) is 19.3 Å². The van der Waals surface area contributed by atoms with Gasteiger partial charge in [-0.25, -0.2) is 17.4 Å². The quantitative estimate of drug-likeness (QED) is 0.831. The van der Waals surface area contributed by atoms with Crippen LogP contribution in [0.1, 0.15) is 28.5 Å². The fourth-order valence-electron chi connectivity index (χ4n) is 2.32. The van der Waals surface area contributed by atoms with Crippen molar-refractivity contribution in [1.82, 2.24) is 13.9 Å². The number of aromatic nitrogens is 3. The van der Waals surface area contributed by atoms with E-state index in [0.29, 0.717) is 12.3 Å². The Morgan fingerprint density at radius 1 is 1.29 bits per heavy atom. The van der Waals surface area contributed by atoms with Gasteiger partial charge in [0, 0.05) is 18.6 Å². The summed E-state index contributed by atoms with van der Waals surface area (Å²) < 4.78 is 63.2. The van der Waals surface area contributed by atoms with Gasteiger partial charge in [0.25, 0.3) is 5.91 Å². The van der Waals surface area contributed by atoms with Crippen molar-refractivity contribution in [2.75, 3.05) is 10.7 Å². The number of carbonyl (C=O) groups excluding carboxylic acids is 1. The minimum absolute atomic E-state index is 0.136. The summed E-state index contributed by atoms with van der Waals surface area (Å²) in [5, 5.41) is 0. The van der Waals surface area contributed by atoms with Gasteiger partial charge in [0.1, 0.15) is 0 Å². The zero-order valence-electron chi connectivity index (χ0n) is 12.3. The summed E-state index contributed by atoms with van der Waals surface area (Å²) in [4.78, 5) is 20.9. The number of imidazole rings is 1. The first-order chi connectivity index (χ1) is 11.1. The Labute approximate surface area is 134 Å². The minimum Gasteiger partial charge on any atom is -0.271 e. The highest BCUT2D eigenvalue weighted by molar-refractivity contribution is 7.89. The van der Waals surface area contributed by atoms with Gasteiger partial charge in [-0.15, -0.1) is 0 Å². The van der Waals surface area contributed by atoms with Crippen LogP contribution < -0.4 is 4.90 Å². The monoisotopic (exact) mass is 360 g/mol. The molecule has 1 amide bonds. The lowest BCUT2D eigenvalue weighted by Gasteiger charge is -2.16. The summed E-state index contributed by atoms with van der Waals surface area (Å²) in [6.45, 7) is 1.28. The number of fused-ring (bicyclic) bond motifs is 1.